The second kappa shape index (κ2) is 9.45. The fourth-order valence-electron chi connectivity index (χ4n) is 3.21. The van der Waals surface area contributed by atoms with E-state index in [2.05, 4.69) is 5.32 Å². The summed E-state index contributed by atoms with van der Waals surface area (Å²) in [5, 5.41) is 3.80. The van der Waals surface area contributed by atoms with Gasteiger partial charge in [0.15, 0.2) is 0 Å². The topological polar surface area (TPSA) is 67.9 Å². The molecule has 0 saturated heterocycles. The van der Waals surface area contributed by atoms with Crippen LogP contribution in [0, 0.1) is 0 Å². The monoisotopic (exact) mass is 426 g/mol. The Balaban J connectivity index is 2.76. The third-order valence-electron chi connectivity index (χ3n) is 4.56. The predicted octanol–water partition coefficient (Wildman–Crippen LogP) is 3.51. The molecule has 152 valence electrons. The Morgan fingerprint density at radius 3 is 2.29 bits per heavy atom. The van der Waals surface area contributed by atoms with Crippen molar-refractivity contribution < 1.29 is 19.1 Å². The van der Waals surface area contributed by atoms with Gasteiger partial charge in [0, 0.05) is 24.4 Å². The van der Waals surface area contributed by atoms with Crippen molar-refractivity contribution in [1.82, 2.24) is 10.2 Å². The summed E-state index contributed by atoms with van der Waals surface area (Å²) in [6, 6.07) is 5.12. The number of allylic oxidation sites excluding steroid dienone is 1. The summed E-state index contributed by atoms with van der Waals surface area (Å²) in [6.07, 6.45) is 0.553. The number of rotatable bonds is 6. The molecule has 1 heterocycles. The van der Waals surface area contributed by atoms with E-state index in [0.29, 0.717) is 46.1 Å². The lowest BCUT2D eigenvalue weighted by Gasteiger charge is -2.32. The Hall–Kier alpha value is -2.02. The van der Waals surface area contributed by atoms with Crippen molar-refractivity contribution in [2.24, 2.45) is 0 Å². The highest BCUT2D eigenvalue weighted by Gasteiger charge is 2.39. The van der Waals surface area contributed by atoms with Gasteiger partial charge in [-0.2, -0.15) is 0 Å². The molecule has 0 saturated carbocycles. The lowest BCUT2D eigenvalue weighted by atomic mass is 9.79. The molecule has 1 aliphatic heterocycles. The van der Waals surface area contributed by atoms with Gasteiger partial charge in [0.05, 0.1) is 41.3 Å². The molecule has 1 aliphatic rings. The van der Waals surface area contributed by atoms with Crippen LogP contribution in [0.25, 0.3) is 0 Å². The van der Waals surface area contributed by atoms with Crippen LogP contribution in [0.5, 0.6) is 0 Å². The number of halogens is 2. The van der Waals surface area contributed by atoms with E-state index in [-0.39, 0.29) is 5.02 Å². The van der Waals surface area contributed by atoms with Gasteiger partial charge in [-0.15, -0.1) is 0 Å². The Morgan fingerprint density at radius 1 is 1.11 bits per heavy atom. The van der Waals surface area contributed by atoms with Gasteiger partial charge in [-0.3, -0.25) is 0 Å². The summed E-state index contributed by atoms with van der Waals surface area (Å²) in [6.45, 7) is 2.46. The van der Waals surface area contributed by atoms with Gasteiger partial charge in [0.2, 0.25) is 0 Å². The molecule has 1 unspecified atom stereocenters. The number of nitrogens with one attached hydrogen (secondary N) is 1. The van der Waals surface area contributed by atoms with Crippen molar-refractivity contribution in [3.8, 4) is 0 Å². The molecule has 0 fully saturated rings. The Labute approximate surface area is 175 Å². The van der Waals surface area contributed by atoms with E-state index in [9.17, 15) is 9.59 Å². The maximum absolute atomic E-state index is 12.8. The average Bonchev–Trinajstić information content (AvgIpc) is 2.66. The smallest absolute Gasteiger partial charge is 0.336 e. The number of esters is 2. The van der Waals surface area contributed by atoms with Crippen molar-refractivity contribution in [2.45, 2.75) is 19.3 Å². The van der Waals surface area contributed by atoms with Crippen molar-refractivity contribution >= 4 is 35.1 Å². The highest BCUT2D eigenvalue weighted by Crippen LogP contribution is 2.43. The molecule has 1 atom stereocenters. The summed E-state index contributed by atoms with van der Waals surface area (Å²) >= 11 is 12.7. The molecule has 0 aliphatic carbocycles. The Bertz CT molecular complexity index is 847. The standard InChI is InChI=1S/C20H24Cl2N2O4/c1-11-15(19(25)27-4)16(12-7-6-8-13(21)18(12)22)17(20(26)28-5)14(23-11)9-10-24(2)3/h6-8,16,23H,9-10H2,1-5H3. The average molecular weight is 427 g/mol. The SMILES string of the molecule is COC(=O)C1=C(C)NC(CCN(C)C)=C(C(=O)OC)C1c1cccc(Cl)c1Cl. The highest BCUT2D eigenvalue weighted by atomic mass is 35.5. The molecule has 2 rings (SSSR count). The molecule has 0 bridgehead atoms. The van der Waals surface area contributed by atoms with Crippen molar-refractivity contribution in [1.29, 1.82) is 0 Å². The number of methoxy groups -OCH3 is 2. The maximum Gasteiger partial charge on any atom is 0.336 e. The lowest BCUT2D eigenvalue weighted by Crippen LogP contribution is -2.34. The van der Waals surface area contributed by atoms with E-state index in [1.807, 2.05) is 19.0 Å². The second-order valence-corrected chi connectivity index (χ2v) is 7.45. The van der Waals surface area contributed by atoms with Crippen LogP contribution < -0.4 is 5.32 Å². The van der Waals surface area contributed by atoms with Gasteiger partial charge >= 0.3 is 11.9 Å². The number of benzene rings is 1. The van der Waals surface area contributed by atoms with E-state index in [1.54, 1.807) is 25.1 Å². The zero-order chi connectivity index (χ0) is 21.0. The number of hydrogen-bond donors (Lipinski definition) is 1. The van der Waals surface area contributed by atoms with E-state index >= 15 is 0 Å². The van der Waals surface area contributed by atoms with Gasteiger partial charge in [-0.1, -0.05) is 35.3 Å². The lowest BCUT2D eigenvalue weighted by molar-refractivity contribution is -0.137. The molecule has 28 heavy (non-hydrogen) atoms. The predicted molar refractivity (Wildman–Crippen MR) is 109 cm³/mol. The maximum atomic E-state index is 12.8. The Morgan fingerprint density at radius 2 is 1.71 bits per heavy atom. The van der Waals surface area contributed by atoms with Gasteiger partial charge < -0.3 is 19.7 Å². The third kappa shape index (κ3) is 4.51. The second-order valence-electron chi connectivity index (χ2n) is 6.67. The summed E-state index contributed by atoms with van der Waals surface area (Å²) in [5.41, 5.74) is 2.42. The van der Waals surface area contributed by atoms with Crippen LogP contribution in [0.1, 0.15) is 24.8 Å². The highest BCUT2D eigenvalue weighted by molar-refractivity contribution is 6.42. The molecule has 1 aromatic carbocycles. The number of carbonyl (C=O) groups is 2. The van der Waals surface area contributed by atoms with Gasteiger partial charge in [0.25, 0.3) is 0 Å². The number of hydrogen-bond acceptors (Lipinski definition) is 6. The van der Waals surface area contributed by atoms with Crippen molar-refractivity contribution in [2.75, 3.05) is 34.9 Å². The first-order valence-electron chi connectivity index (χ1n) is 8.69. The fraction of sp³-hybridized carbons (Fsp3) is 0.400. The molecular formula is C20H24Cl2N2O4. The van der Waals surface area contributed by atoms with Crippen LogP contribution in [0.4, 0.5) is 0 Å². The van der Waals surface area contributed by atoms with Crippen LogP contribution in [0.3, 0.4) is 0 Å². The zero-order valence-corrected chi connectivity index (χ0v) is 18.1. The molecule has 0 radical (unpaired) electrons. The zero-order valence-electron chi connectivity index (χ0n) is 16.6. The fourth-order valence-corrected chi connectivity index (χ4v) is 3.63. The quantitative estimate of drug-likeness (QED) is 0.701. The third-order valence-corrected chi connectivity index (χ3v) is 5.39. The normalized spacial score (nSPS) is 16.9. The van der Waals surface area contributed by atoms with Gasteiger partial charge in [-0.25, -0.2) is 9.59 Å². The molecule has 0 spiro atoms. The minimum Gasteiger partial charge on any atom is -0.466 e. The molecule has 8 heteroatoms. The molecule has 6 nitrogen and oxygen atoms in total. The summed E-state index contributed by atoms with van der Waals surface area (Å²) < 4.78 is 10.0. The van der Waals surface area contributed by atoms with Crippen LogP contribution in [0.2, 0.25) is 10.0 Å². The van der Waals surface area contributed by atoms with Crippen LogP contribution in [0.15, 0.2) is 40.7 Å². The summed E-state index contributed by atoms with van der Waals surface area (Å²) in [4.78, 5) is 27.4. The van der Waals surface area contributed by atoms with E-state index in [4.69, 9.17) is 32.7 Å². The molecule has 0 amide bonds. The number of carbonyl (C=O) groups excluding carboxylic acids is 2. The minimum absolute atomic E-state index is 0.277. The Kier molecular flexibility index (Phi) is 7.52. The first-order chi connectivity index (χ1) is 13.2. The van der Waals surface area contributed by atoms with Crippen LogP contribution >= 0.6 is 23.2 Å². The summed E-state index contributed by atoms with van der Waals surface area (Å²) in [7, 11) is 6.48. The number of nitrogens with zero attached hydrogens (tertiary/aromatic N) is 1. The van der Waals surface area contributed by atoms with E-state index in [0.717, 1.165) is 0 Å². The first kappa shape index (κ1) is 22.3. The van der Waals surface area contributed by atoms with Crippen molar-refractivity contribution in [3.05, 3.63) is 56.3 Å². The van der Waals surface area contributed by atoms with Gasteiger partial charge in [0.1, 0.15) is 0 Å². The van der Waals surface area contributed by atoms with Crippen LogP contribution in [-0.2, 0) is 19.1 Å². The number of dihydropyridines is 1. The summed E-state index contributed by atoms with van der Waals surface area (Å²) in [5.74, 6) is -1.86. The number of ether oxygens (including phenoxy) is 2. The first-order valence-corrected chi connectivity index (χ1v) is 9.44. The minimum atomic E-state index is -0.760. The molecule has 0 aromatic heterocycles. The van der Waals surface area contributed by atoms with E-state index in [1.165, 1.54) is 14.2 Å². The van der Waals surface area contributed by atoms with E-state index < -0.39 is 17.9 Å². The van der Waals surface area contributed by atoms with Crippen LogP contribution in [-0.4, -0.2) is 51.7 Å². The van der Waals surface area contributed by atoms with Crippen molar-refractivity contribution in [3.63, 3.8) is 0 Å². The molecular weight excluding hydrogens is 403 g/mol. The molecule has 1 aromatic rings. The molecule has 1 N–H and O–H groups in total. The largest absolute Gasteiger partial charge is 0.466 e. The van der Waals surface area contributed by atoms with Gasteiger partial charge in [-0.05, 0) is 32.6 Å².